The number of benzene rings is 1. The molecule has 1 N–H and O–H groups in total. The summed E-state index contributed by atoms with van der Waals surface area (Å²) in [5.74, 6) is 0.505. The van der Waals surface area contributed by atoms with Crippen LogP contribution >= 0.6 is 11.8 Å². The quantitative estimate of drug-likeness (QED) is 0.338. The number of hydrogen-bond donors (Lipinski definition) is 1. The predicted octanol–water partition coefficient (Wildman–Crippen LogP) is 3.50. The number of thioether (sulfide) groups is 1. The minimum absolute atomic E-state index is 0.125. The summed E-state index contributed by atoms with van der Waals surface area (Å²) in [6.45, 7) is 2.28. The van der Waals surface area contributed by atoms with E-state index >= 15 is 0 Å². The van der Waals surface area contributed by atoms with Crippen LogP contribution in [0.1, 0.15) is 80.1 Å². The summed E-state index contributed by atoms with van der Waals surface area (Å²) >= 11 is 1.76. The number of piperidine rings is 2. The second-order valence-corrected chi connectivity index (χ2v) is 10.3. The Morgan fingerprint density at radius 2 is 1.82 bits per heavy atom. The standard InChI is InChI=1S/C25H33N3O4S/c29-22-13-12-20(24(31)26-22)28-17-19-18(25(28)32)9-8-10-21(19)33-16-7-2-1-4-11-23(30)27-14-5-3-6-15-27/h8-10,20H,1-7,11-17H2,(H,26,29,31). The predicted molar refractivity (Wildman–Crippen MR) is 127 cm³/mol. The Morgan fingerprint density at radius 1 is 1.03 bits per heavy atom. The van der Waals surface area contributed by atoms with E-state index in [0.29, 0.717) is 30.9 Å². The summed E-state index contributed by atoms with van der Waals surface area (Å²) in [4.78, 5) is 53.6. The number of nitrogens with one attached hydrogen (secondary N) is 1. The van der Waals surface area contributed by atoms with Crippen molar-refractivity contribution in [3.63, 3.8) is 0 Å². The molecule has 3 aliphatic heterocycles. The van der Waals surface area contributed by atoms with Crippen molar-refractivity contribution < 1.29 is 19.2 Å². The van der Waals surface area contributed by atoms with Gasteiger partial charge in [-0.2, -0.15) is 0 Å². The molecule has 178 valence electrons. The number of rotatable bonds is 9. The molecule has 4 rings (SSSR count). The summed E-state index contributed by atoms with van der Waals surface area (Å²) in [5, 5.41) is 2.35. The Morgan fingerprint density at radius 3 is 2.61 bits per heavy atom. The molecule has 0 spiro atoms. The zero-order chi connectivity index (χ0) is 23.2. The average molecular weight is 472 g/mol. The Kier molecular flexibility index (Phi) is 8.06. The van der Waals surface area contributed by atoms with Crippen molar-refractivity contribution in [1.29, 1.82) is 0 Å². The van der Waals surface area contributed by atoms with Gasteiger partial charge < -0.3 is 9.80 Å². The van der Waals surface area contributed by atoms with Crippen LogP contribution in [0, 0.1) is 0 Å². The third kappa shape index (κ3) is 5.78. The van der Waals surface area contributed by atoms with E-state index < -0.39 is 6.04 Å². The largest absolute Gasteiger partial charge is 0.343 e. The first-order chi connectivity index (χ1) is 16.0. The van der Waals surface area contributed by atoms with Crippen LogP contribution in [0.4, 0.5) is 0 Å². The van der Waals surface area contributed by atoms with Crippen LogP contribution in [0.5, 0.6) is 0 Å². The van der Waals surface area contributed by atoms with Crippen LogP contribution in [-0.4, -0.2) is 58.3 Å². The highest BCUT2D eigenvalue weighted by Crippen LogP contribution is 2.34. The number of nitrogens with zero attached hydrogens (tertiary/aromatic N) is 2. The summed E-state index contributed by atoms with van der Waals surface area (Å²) < 4.78 is 0. The minimum Gasteiger partial charge on any atom is -0.343 e. The third-order valence-corrected chi connectivity index (χ3v) is 7.98. The highest BCUT2D eigenvalue weighted by molar-refractivity contribution is 7.99. The fourth-order valence-corrected chi connectivity index (χ4v) is 6.00. The first-order valence-corrected chi connectivity index (χ1v) is 13.2. The molecule has 0 aromatic heterocycles. The van der Waals surface area contributed by atoms with Gasteiger partial charge in [-0.15, -0.1) is 11.8 Å². The first-order valence-electron chi connectivity index (χ1n) is 12.2. The Bertz CT molecular complexity index is 913. The summed E-state index contributed by atoms with van der Waals surface area (Å²) in [6.07, 6.45) is 9.02. The van der Waals surface area contributed by atoms with Crippen molar-refractivity contribution in [3.05, 3.63) is 29.3 Å². The molecule has 33 heavy (non-hydrogen) atoms. The maximum atomic E-state index is 12.9. The zero-order valence-electron chi connectivity index (χ0n) is 19.1. The second kappa shape index (κ2) is 11.2. The fraction of sp³-hybridized carbons (Fsp3) is 0.600. The molecule has 2 fully saturated rings. The van der Waals surface area contributed by atoms with Crippen LogP contribution in [0.3, 0.4) is 0 Å². The van der Waals surface area contributed by atoms with Crippen LogP contribution < -0.4 is 5.32 Å². The summed E-state index contributed by atoms with van der Waals surface area (Å²) in [7, 11) is 0. The minimum atomic E-state index is -0.576. The van der Waals surface area contributed by atoms with E-state index in [4.69, 9.17) is 0 Å². The maximum Gasteiger partial charge on any atom is 0.255 e. The highest BCUT2D eigenvalue weighted by Gasteiger charge is 2.39. The Labute approximate surface area is 199 Å². The van der Waals surface area contributed by atoms with Crippen LogP contribution in [0.15, 0.2) is 23.1 Å². The average Bonchev–Trinajstić information content (AvgIpc) is 3.16. The molecule has 3 heterocycles. The lowest BCUT2D eigenvalue weighted by Crippen LogP contribution is -2.52. The van der Waals surface area contributed by atoms with Crippen molar-refractivity contribution in [1.82, 2.24) is 15.1 Å². The number of carbonyl (C=O) groups excluding carboxylic acids is 4. The summed E-state index contributed by atoms with van der Waals surface area (Å²) in [5.41, 5.74) is 1.66. The highest BCUT2D eigenvalue weighted by atomic mass is 32.2. The van der Waals surface area contributed by atoms with Gasteiger partial charge in [-0.3, -0.25) is 24.5 Å². The molecule has 8 heteroatoms. The van der Waals surface area contributed by atoms with E-state index in [1.165, 1.54) is 6.42 Å². The molecule has 0 radical (unpaired) electrons. The van der Waals surface area contributed by atoms with Crippen molar-refractivity contribution in [2.75, 3.05) is 18.8 Å². The molecule has 1 unspecified atom stereocenters. The van der Waals surface area contributed by atoms with Crippen LogP contribution in [0.2, 0.25) is 0 Å². The number of likely N-dealkylation sites (tertiary alicyclic amines) is 1. The SMILES string of the molecule is O=C1CCC(N2Cc3c(SCCCCCCC(=O)N4CCCCC4)cccc3C2=O)C(=O)N1. The van der Waals surface area contributed by atoms with E-state index in [9.17, 15) is 19.2 Å². The Balaban J connectivity index is 1.20. The monoisotopic (exact) mass is 471 g/mol. The number of unbranched alkanes of at least 4 members (excludes halogenated alkanes) is 3. The smallest absolute Gasteiger partial charge is 0.255 e. The number of imide groups is 1. The van der Waals surface area contributed by atoms with E-state index in [2.05, 4.69) is 5.32 Å². The molecule has 0 aliphatic carbocycles. The second-order valence-electron chi connectivity index (χ2n) is 9.14. The number of hydrogen-bond acceptors (Lipinski definition) is 5. The van der Waals surface area contributed by atoms with Crippen molar-refractivity contribution in [3.8, 4) is 0 Å². The van der Waals surface area contributed by atoms with Crippen LogP contribution in [0.25, 0.3) is 0 Å². The van der Waals surface area contributed by atoms with Crippen molar-refractivity contribution in [2.24, 2.45) is 0 Å². The van der Waals surface area contributed by atoms with Gasteiger partial charge in [-0.05, 0) is 62.0 Å². The number of fused-ring (bicyclic) bond motifs is 1. The van der Waals surface area contributed by atoms with E-state index in [-0.39, 0.29) is 24.1 Å². The lowest BCUT2D eigenvalue weighted by molar-refractivity contribution is -0.137. The van der Waals surface area contributed by atoms with Crippen molar-refractivity contribution >= 4 is 35.4 Å². The molecule has 3 aliphatic rings. The van der Waals surface area contributed by atoms with Gasteiger partial charge in [0.2, 0.25) is 17.7 Å². The van der Waals surface area contributed by atoms with E-state index in [0.717, 1.165) is 67.8 Å². The number of amides is 4. The van der Waals surface area contributed by atoms with E-state index in [1.807, 2.05) is 23.1 Å². The molecule has 4 amide bonds. The molecule has 0 bridgehead atoms. The molecule has 7 nitrogen and oxygen atoms in total. The van der Waals surface area contributed by atoms with Crippen molar-refractivity contribution in [2.45, 2.75) is 81.7 Å². The fourth-order valence-electron chi connectivity index (χ4n) is 4.91. The molecular weight excluding hydrogens is 438 g/mol. The molecule has 1 aromatic rings. The summed E-state index contributed by atoms with van der Waals surface area (Å²) in [6, 6.07) is 5.20. The molecule has 0 saturated carbocycles. The van der Waals surface area contributed by atoms with Gasteiger partial charge >= 0.3 is 0 Å². The van der Waals surface area contributed by atoms with Gasteiger partial charge in [0, 0.05) is 42.9 Å². The van der Waals surface area contributed by atoms with Gasteiger partial charge in [0.25, 0.3) is 5.91 Å². The zero-order valence-corrected chi connectivity index (χ0v) is 20.0. The first kappa shape index (κ1) is 23.8. The molecule has 1 atom stereocenters. The molecule has 1 aromatic carbocycles. The lowest BCUT2D eigenvalue weighted by atomic mass is 10.0. The Hall–Kier alpha value is -2.35. The molecular formula is C25H33N3O4S. The van der Waals surface area contributed by atoms with E-state index in [1.54, 1.807) is 16.7 Å². The van der Waals surface area contributed by atoms with Gasteiger partial charge in [0.1, 0.15) is 6.04 Å². The van der Waals surface area contributed by atoms with Crippen LogP contribution in [-0.2, 0) is 20.9 Å². The van der Waals surface area contributed by atoms with Gasteiger partial charge in [-0.25, -0.2) is 0 Å². The number of carbonyl (C=O) groups is 4. The van der Waals surface area contributed by atoms with Gasteiger partial charge in [0.15, 0.2) is 0 Å². The van der Waals surface area contributed by atoms with Gasteiger partial charge in [0.05, 0.1) is 0 Å². The topological polar surface area (TPSA) is 86.8 Å². The lowest BCUT2D eigenvalue weighted by Gasteiger charge is -2.29. The maximum absolute atomic E-state index is 12.9. The normalized spacial score (nSPS) is 20.7. The van der Waals surface area contributed by atoms with Gasteiger partial charge in [-0.1, -0.05) is 18.9 Å². The molecule has 2 saturated heterocycles. The third-order valence-electron chi connectivity index (χ3n) is 6.79.